The van der Waals surface area contributed by atoms with Crippen LogP contribution in [0.5, 0.6) is 0 Å². The Balaban J connectivity index is 4.28. The molecule has 1 atom stereocenters. The predicted octanol–water partition coefficient (Wildman–Crippen LogP) is 9.83. The summed E-state index contributed by atoms with van der Waals surface area (Å²) in [5.74, 6) is -1.06. The van der Waals surface area contributed by atoms with Crippen LogP contribution >= 0.6 is 7.82 Å². The van der Waals surface area contributed by atoms with Crippen molar-refractivity contribution >= 4 is 19.8 Å². The largest absolute Gasteiger partial charge is 0.469 e. The molecular formula is C39H57O8P. The average Bonchev–Trinajstić information content (AvgIpc) is 3.05. The molecule has 2 N–H and O–H groups in total. The van der Waals surface area contributed by atoms with Gasteiger partial charge in [-0.1, -0.05) is 135 Å². The van der Waals surface area contributed by atoms with Gasteiger partial charge in [-0.25, -0.2) is 4.57 Å². The number of esters is 2. The van der Waals surface area contributed by atoms with Crippen LogP contribution in [0.1, 0.15) is 90.9 Å². The second-order valence-electron chi connectivity index (χ2n) is 10.5. The monoisotopic (exact) mass is 684 g/mol. The molecule has 8 nitrogen and oxygen atoms in total. The quantitative estimate of drug-likeness (QED) is 0.0275. The van der Waals surface area contributed by atoms with E-state index in [1.807, 2.05) is 66.8 Å². The number of allylic oxidation sites excluding steroid dienone is 20. The Kier molecular flexibility index (Phi) is 30.9. The van der Waals surface area contributed by atoms with Gasteiger partial charge in [-0.05, 0) is 64.2 Å². The third kappa shape index (κ3) is 35.3. The first-order valence-corrected chi connectivity index (χ1v) is 18.4. The third-order valence-corrected chi connectivity index (χ3v) is 6.59. The van der Waals surface area contributed by atoms with E-state index in [0.29, 0.717) is 25.7 Å². The number of hydrogen-bond acceptors (Lipinski definition) is 6. The second-order valence-corrected chi connectivity index (χ2v) is 11.7. The van der Waals surface area contributed by atoms with Crippen molar-refractivity contribution in [3.05, 3.63) is 122 Å². The van der Waals surface area contributed by atoms with E-state index >= 15 is 0 Å². The van der Waals surface area contributed by atoms with Crippen molar-refractivity contribution in [1.29, 1.82) is 0 Å². The van der Waals surface area contributed by atoms with Crippen LogP contribution in [0.25, 0.3) is 0 Å². The highest BCUT2D eigenvalue weighted by atomic mass is 31.2. The fourth-order valence-corrected chi connectivity index (χ4v) is 4.03. The molecule has 0 saturated carbocycles. The number of phosphoric ester groups is 1. The maximum absolute atomic E-state index is 12.3. The lowest BCUT2D eigenvalue weighted by Crippen LogP contribution is -2.29. The summed E-state index contributed by atoms with van der Waals surface area (Å²) in [5.41, 5.74) is 0. The highest BCUT2D eigenvalue weighted by Gasteiger charge is 2.22. The molecular weight excluding hydrogens is 627 g/mol. The van der Waals surface area contributed by atoms with Crippen molar-refractivity contribution in [2.75, 3.05) is 13.2 Å². The van der Waals surface area contributed by atoms with Crippen molar-refractivity contribution in [2.24, 2.45) is 0 Å². The minimum Gasteiger partial charge on any atom is -0.462 e. The molecule has 0 aromatic rings. The lowest BCUT2D eigenvalue weighted by atomic mass is 10.2. The fourth-order valence-electron chi connectivity index (χ4n) is 3.67. The van der Waals surface area contributed by atoms with E-state index in [2.05, 4.69) is 73.1 Å². The molecule has 48 heavy (non-hydrogen) atoms. The molecule has 0 aliphatic heterocycles. The van der Waals surface area contributed by atoms with Gasteiger partial charge in [0.15, 0.2) is 6.10 Å². The van der Waals surface area contributed by atoms with Crippen molar-refractivity contribution in [1.82, 2.24) is 0 Å². The standard InChI is InChI=1S/C39H57O8P/c1-3-5-7-9-11-13-15-17-18-19-20-22-23-25-27-29-31-33-38(40)45-35-37(36-46-48(42,43)44)47-39(41)34-32-30-28-26-24-21-16-14-12-10-8-6-4-2/h5-8,10-14,16-18,20-22,24-28,37H,3-4,9,15,19,23,29-36H2,1-2H3,(H2,42,43,44)/b7-5+,8-6+,12-10+,13-11+,16-14+,18-17+,22-20+,24-21+,27-25+,28-26+. The summed E-state index contributed by atoms with van der Waals surface area (Å²) in [5, 5.41) is 0. The normalized spacial score (nSPS) is 14.0. The number of carbonyl (C=O) groups is 2. The van der Waals surface area contributed by atoms with Crippen LogP contribution in [-0.2, 0) is 28.2 Å². The minimum atomic E-state index is -4.79. The maximum Gasteiger partial charge on any atom is 0.469 e. The molecule has 9 heteroatoms. The minimum absolute atomic E-state index is 0.0949. The van der Waals surface area contributed by atoms with Crippen LogP contribution in [0.2, 0.25) is 0 Å². The van der Waals surface area contributed by atoms with Gasteiger partial charge in [-0.15, -0.1) is 0 Å². The SMILES string of the molecule is CC/C=C/C=C/C=C/C=C/C=C/CCCC(=O)OC(COC(=O)CCC/C=C/C/C=C/C/C=C/C/C=C/C/C=C/CC)COP(=O)(O)O. The van der Waals surface area contributed by atoms with Gasteiger partial charge in [0.25, 0.3) is 0 Å². The van der Waals surface area contributed by atoms with Crippen molar-refractivity contribution < 1.29 is 37.9 Å². The molecule has 266 valence electrons. The number of ether oxygens (including phenoxy) is 2. The Morgan fingerprint density at radius 1 is 0.562 bits per heavy atom. The Morgan fingerprint density at radius 3 is 1.52 bits per heavy atom. The van der Waals surface area contributed by atoms with Crippen LogP contribution in [0, 0.1) is 0 Å². The smallest absolute Gasteiger partial charge is 0.462 e. The zero-order valence-corrected chi connectivity index (χ0v) is 29.7. The van der Waals surface area contributed by atoms with Gasteiger partial charge in [0.2, 0.25) is 0 Å². The van der Waals surface area contributed by atoms with Crippen LogP contribution in [0.15, 0.2) is 122 Å². The molecule has 0 bridgehead atoms. The highest BCUT2D eigenvalue weighted by Crippen LogP contribution is 2.35. The Bertz CT molecular complexity index is 1180. The van der Waals surface area contributed by atoms with E-state index in [0.717, 1.165) is 38.5 Å². The molecule has 0 aliphatic rings. The van der Waals surface area contributed by atoms with Crippen LogP contribution in [0.3, 0.4) is 0 Å². The summed E-state index contributed by atoms with van der Waals surface area (Å²) >= 11 is 0. The molecule has 0 aromatic heterocycles. The number of rotatable bonds is 28. The van der Waals surface area contributed by atoms with E-state index in [-0.39, 0.29) is 19.4 Å². The van der Waals surface area contributed by atoms with E-state index < -0.39 is 32.5 Å². The first-order valence-electron chi connectivity index (χ1n) is 16.9. The summed E-state index contributed by atoms with van der Waals surface area (Å²) in [6.07, 6.45) is 48.0. The zero-order chi connectivity index (χ0) is 35.4. The topological polar surface area (TPSA) is 119 Å². The van der Waals surface area contributed by atoms with Crippen LogP contribution in [0.4, 0.5) is 0 Å². The highest BCUT2D eigenvalue weighted by molar-refractivity contribution is 7.46. The first-order chi connectivity index (χ1) is 23.3. The summed E-state index contributed by atoms with van der Waals surface area (Å²) in [6, 6.07) is 0. The molecule has 0 radical (unpaired) electrons. The first kappa shape index (κ1) is 44.5. The number of carbonyl (C=O) groups excluding carboxylic acids is 2. The lowest BCUT2D eigenvalue weighted by Gasteiger charge is -2.18. The van der Waals surface area contributed by atoms with E-state index in [1.165, 1.54) is 0 Å². The van der Waals surface area contributed by atoms with Gasteiger partial charge >= 0.3 is 19.8 Å². The van der Waals surface area contributed by atoms with E-state index in [1.54, 1.807) is 0 Å². The van der Waals surface area contributed by atoms with Crippen LogP contribution in [-0.4, -0.2) is 41.0 Å². The average molecular weight is 685 g/mol. The number of hydrogen-bond donors (Lipinski definition) is 2. The predicted molar refractivity (Wildman–Crippen MR) is 197 cm³/mol. The van der Waals surface area contributed by atoms with Crippen LogP contribution < -0.4 is 0 Å². The molecule has 0 spiro atoms. The Morgan fingerprint density at radius 2 is 1.00 bits per heavy atom. The number of unbranched alkanes of at least 4 members (excludes halogenated alkanes) is 2. The molecule has 0 fully saturated rings. The summed E-state index contributed by atoms with van der Waals surface area (Å²) in [6.45, 7) is 3.26. The van der Waals surface area contributed by atoms with Crippen molar-refractivity contribution in [2.45, 2.75) is 97.0 Å². The molecule has 0 heterocycles. The van der Waals surface area contributed by atoms with Gasteiger partial charge in [-0.3, -0.25) is 14.1 Å². The van der Waals surface area contributed by atoms with Crippen molar-refractivity contribution in [3.63, 3.8) is 0 Å². The van der Waals surface area contributed by atoms with Crippen molar-refractivity contribution in [3.8, 4) is 0 Å². The van der Waals surface area contributed by atoms with Gasteiger partial charge in [-0.2, -0.15) is 0 Å². The Hall–Kier alpha value is -3.55. The summed E-state index contributed by atoms with van der Waals surface area (Å²) < 4.78 is 26.1. The molecule has 0 rings (SSSR count). The molecule has 1 unspecified atom stereocenters. The Labute approximate surface area is 289 Å². The summed E-state index contributed by atoms with van der Waals surface area (Å²) in [7, 11) is -4.79. The zero-order valence-electron chi connectivity index (χ0n) is 28.8. The lowest BCUT2D eigenvalue weighted by molar-refractivity contribution is -0.161. The molecule has 0 aromatic carbocycles. The summed E-state index contributed by atoms with van der Waals surface area (Å²) in [4.78, 5) is 42.5. The molecule has 0 amide bonds. The van der Waals surface area contributed by atoms with Gasteiger partial charge in [0.05, 0.1) is 6.61 Å². The van der Waals surface area contributed by atoms with Gasteiger partial charge in [0.1, 0.15) is 6.61 Å². The molecule has 0 saturated heterocycles. The van der Waals surface area contributed by atoms with E-state index in [9.17, 15) is 14.2 Å². The van der Waals surface area contributed by atoms with Gasteiger partial charge < -0.3 is 19.3 Å². The molecule has 0 aliphatic carbocycles. The third-order valence-electron chi connectivity index (χ3n) is 6.10. The van der Waals surface area contributed by atoms with E-state index in [4.69, 9.17) is 19.3 Å². The number of phosphoric acid groups is 1. The fraction of sp³-hybridized carbons (Fsp3) is 0.436. The maximum atomic E-state index is 12.3. The second kappa shape index (κ2) is 33.4. The van der Waals surface area contributed by atoms with Gasteiger partial charge in [0, 0.05) is 12.8 Å².